The Hall–Kier alpha value is -2.93. The van der Waals surface area contributed by atoms with Crippen molar-refractivity contribution in [3.05, 3.63) is 54.1 Å². The highest BCUT2D eigenvalue weighted by Gasteiger charge is 2.48. The summed E-state index contributed by atoms with van der Waals surface area (Å²) < 4.78 is 64.2. The molecule has 1 atom stereocenters. The van der Waals surface area contributed by atoms with Gasteiger partial charge in [0.15, 0.2) is 5.71 Å². The number of unbranched alkanes of at least 4 members (excludes halogenated alkanes) is 2. The maximum Gasteiger partial charge on any atom is 0.303 e. The van der Waals surface area contributed by atoms with Crippen LogP contribution >= 0.6 is 0 Å². The van der Waals surface area contributed by atoms with Crippen LogP contribution in [0.1, 0.15) is 57.4 Å². The number of para-hydroxylation sites is 1. The van der Waals surface area contributed by atoms with E-state index in [0.29, 0.717) is 44.2 Å². The minimum absolute atomic E-state index is 0.00892. The molecule has 0 spiro atoms. The summed E-state index contributed by atoms with van der Waals surface area (Å²) in [5, 5.41) is 8.96. The van der Waals surface area contributed by atoms with Gasteiger partial charge in [-0.1, -0.05) is 18.2 Å². The van der Waals surface area contributed by atoms with Crippen LogP contribution in [-0.2, 0) is 34.6 Å². The Morgan fingerprint density at radius 3 is 2.41 bits per heavy atom. The lowest BCUT2D eigenvalue weighted by Gasteiger charge is -2.23. The number of fused-ring (bicyclic) bond motifs is 1. The molecule has 2 aromatic carbocycles. The van der Waals surface area contributed by atoms with Gasteiger partial charge in [-0.25, -0.2) is 0 Å². The molecule has 0 radical (unpaired) electrons. The van der Waals surface area contributed by atoms with Crippen molar-refractivity contribution in [1.82, 2.24) is 0 Å². The van der Waals surface area contributed by atoms with Gasteiger partial charge >= 0.3 is 5.97 Å². The van der Waals surface area contributed by atoms with E-state index in [9.17, 15) is 26.2 Å². The second kappa shape index (κ2) is 12.9. The number of carboxylic acid groups (broad SMARTS) is 1. The standard InChI is InChI=1S/C27H34N2O8S2/c1-27(16-9-19-38(32,33)34)23-20-22(39(35,36)37-2)13-14-24(23)29(18-8-4-7-12-26(30)31)25(27)15-17-28-21-10-5-3-6-11-21/h3,5-6,10-11,13-14,17,20H,4,7-9,12,15-16,18-19H2,1-2H3,(H-,30,31,32,33,34)/p+1. The van der Waals surface area contributed by atoms with Crippen LogP contribution in [0.15, 0.2) is 58.4 Å². The fraction of sp³-hybridized carbons (Fsp3) is 0.444. The predicted octanol–water partition coefficient (Wildman–Crippen LogP) is 4.48. The molecule has 3 rings (SSSR count). The summed E-state index contributed by atoms with van der Waals surface area (Å²) in [6, 6.07) is 14.2. The third kappa shape index (κ3) is 8.04. The van der Waals surface area contributed by atoms with Crippen molar-refractivity contribution in [2.45, 2.75) is 62.2 Å². The lowest BCUT2D eigenvalue weighted by Crippen LogP contribution is -2.34. The van der Waals surface area contributed by atoms with Gasteiger partial charge in [-0.3, -0.25) is 18.5 Å². The largest absolute Gasteiger partial charge is 0.481 e. The Labute approximate surface area is 229 Å². The molecule has 0 saturated heterocycles. The van der Waals surface area contributed by atoms with Crippen molar-refractivity contribution >= 4 is 49.5 Å². The molecule has 1 aliphatic rings. The first-order valence-electron chi connectivity index (χ1n) is 12.7. The quantitative estimate of drug-likeness (QED) is 0.103. The van der Waals surface area contributed by atoms with E-state index in [1.165, 1.54) is 6.07 Å². The summed E-state index contributed by atoms with van der Waals surface area (Å²) in [5.74, 6) is -1.27. The predicted molar refractivity (Wildman–Crippen MR) is 149 cm³/mol. The van der Waals surface area contributed by atoms with Crippen LogP contribution in [0.4, 0.5) is 11.4 Å². The molecule has 0 fully saturated rings. The van der Waals surface area contributed by atoms with E-state index in [-0.39, 0.29) is 17.7 Å². The average Bonchev–Trinajstić information content (AvgIpc) is 3.10. The molecule has 0 saturated carbocycles. The van der Waals surface area contributed by atoms with E-state index < -0.39 is 37.4 Å². The van der Waals surface area contributed by atoms with Gasteiger partial charge in [0.25, 0.3) is 20.2 Å². The van der Waals surface area contributed by atoms with Crippen LogP contribution in [0.3, 0.4) is 0 Å². The van der Waals surface area contributed by atoms with Gasteiger partial charge in [-0.05, 0) is 56.9 Å². The molecule has 10 nitrogen and oxygen atoms in total. The highest BCUT2D eigenvalue weighted by molar-refractivity contribution is 7.86. The molecule has 1 heterocycles. The number of rotatable bonds is 15. The molecule has 0 aliphatic carbocycles. The summed E-state index contributed by atoms with van der Waals surface area (Å²) in [7, 11) is -7.07. The number of aliphatic imine (C=N–C) groups is 1. The second-order valence-electron chi connectivity index (χ2n) is 9.68. The third-order valence-corrected chi connectivity index (χ3v) is 9.03. The van der Waals surface area contributed by atoms with Crippen LogP contribution in [0.25, 0.3) is 0 Å². The van der Waals surface area contributed by atoms with Crippen molar-refractivity contribution < 1.29 is 40.0 Å². The summed E-state index contributed by atoms with van der Waals surface area (Å²) in [5.41, 5.74) is 2.43. The molecule has 12 heteroatoms. The number of benzene rings is 2. The first-order chi connectivity index (χ1) is 18.4. The molecular formula is C27H35N2O8S2+. The fourth-order valence-corrected chi connectivity index (χ4v) is 6.19. The average molecular weight is 580 g/mol. The van der Waals surface area contributed by atoms with Crippen molar-refractivity contribution in [1.29, 1.82) is 0 Å². The van der Waals surface area contributed by atoms with E-state index in [1.54, 1.807) is 18.3 Å². The number of aliphatic carboxylic acids is 1. The normalized spacial score (nSPS) is 17.6. The van der Waals surface area contributed by atoms with Gasteiger partial charge in [-0.15, -0.1) is 0 Å². The van der Waals surface area contributed by atoms with E-state index in [4.69, 9.17) is 9.29 Å². The van der Waals surface area contributed by atoms with E-state index in [0.717, 1.165) is 24.2 Å². The first kappa shape index (κ1) is 30.6. The maximum atomic E-state index is 12.5. The molecular weight excluding hydrogens is 544 g/mol. The molecule has 39 heavy (non-hydrogen) atoms. The highest BCUT2D eigenvalue weighted by atomic mass is 32.2. The lowest BCUT2D eigenvalue weighted by atomic mass is 9.75. The minimum atomic E-state index is -4.18. The van der Waals surface area contributed by atoms with Crippen LogP contribution in [0.5, 0.6) is 0 Å². The Morgan fingerprint density at radius 1 is 1.05 bits per heavy atom. The van der Waals surface area contributed by atoms with Gasteiger partial charge < -0.3 is 5.11 Å². The second-order valence-corrected chi connectivity index (χ2v) is 13.0. The summed E-state index contributed by atoms with van der Waals surface area (Å²) in [4.78, 5) is 15.5. The van der Waals surface area contributed by atoms with Gasteiger partial charge in [0.2, 0.25) is 5.69 Å². The van der Waals surface area contributed by atoms with Crippen LogP contribution in [0.2, 0.25) is 0 Å². The number of nitrogens with zero attached hydrogens (tertiary/aromatic N) is 2. The van der Waals surface area contributed by atoms with Crippen molar-refractivity contribution in [2.75, 3.05) is 19.4 Å². The van der Waals surface area contributed by atoms with E-state index in [2.05, 4.69) is 9.57 Å². The SMILES string of the molecule is COS(=O)(=O)c1ccc2c(c1)C(C)(CCCS(=O)(=O)O)C(CC=Nc1ccccc1)=[N+]2CCCCCC(=O)O. The fourth-order valence-electron chi connectivity index (χ4n) is 5.00. The van der Waals surface area contributed by atoms with Gasteiger partial charge in [0.05, 0.1) is 35.3 Å². The Morgan fingerprint density at radius 2 is 1.77 bits per heavy atom. The van der Waals surface area contributed by atoms with E-state index >= 15 is 0 Å². The van der Waals surface area contributed by atoms with Gasteiger partial charge in [0.1, 0.15) is 6.54 Å². The summed E-state index contributed by atoms with van der Waals surface area (Å²) in [6.07, 6.45) is 4.70. The summed E-state index contributed by atoms with van der Waals surface area (Å²) in [6.45, 7) is 2.50. The van der Waals surface area contributed by atoms with Crippen molar-refractivity contribution in [2.24, 2.45) is 4.99 Å². The number of hydrogen-bond donors (Lipinski definition) is 2. The number of carboxylic acids is 1. The maximum absolute atomic E-state index is 12.5. The topological polar surface area (TPSA) is 150 Å². The molecule has 0 amide bonds. The Kier molecular flexibility index (Phi) is 10.2. The number of hydrogen-bond acceptors (Lipinski definition) is 7. The molecule has 212 valence electrons. The molecule has 0 bridgehead atoms. The zero-order chi connectivity index (χ0) is 28.7. The van der Waals surface area contributed by atoms with Gasteiger partial charge in [0, 0.05) is 30.7 Å². The smallest absolute Gasteiger partial charge is 0.303 e. The van der Waals surface area contributed by atoms with Crippen molar-refractivity contribution in [3.8, 4) is 0 Å². The van der Waals surface area contributed by atoms with Crippen molar-refractivity contribution in [3.63, 3.8) is 0 Å². The molecule has 2 aromatic rings. The lowest BCUT2D eigenvalue weighted by molar-refractivity contribution is -0.440. The first-order valence-corrected chi connectivity index (χ1v) is 15.7. The zero-order valence-corrected chi connectivity index (χ0v) is 23.7. The zero-order valence-electron chi connectivity index (χ0n) is 22.1. The third-order valence-electron chi connectivity index (χ3n) is 6.96. The van der Waals surface area contributed by atoms with Crippen LogP contribution < -0.4 is 0 Å². The molecule has 1 aliphatic heterocycles. The monoisotopic (exact) mass is 579 g/mol. The van der Waals surface area contributed by atoms with Crippen LogP contribution in [0, 0.1) is 0 Å². The van der Waals surface area contributed by atoms with E-state index in [1.807, 2.05) is 37.3 Å². The highest BCUT2D eigenvalue weighted by Crippen LogP contribution is 2.45. The summed E-state index contributed by atoms with van der Waals surface area (Å²) >= 11 is 0. The minimum Gasteiger partial charge on any atom is -0.481 e. The molecule has 2 N–H and O–H groups in total. The van der Waals surface area contributed by atoms with Gasteiger partial charge in [-0.2, -0.15) is 21.4 Å². The molecule has 0 aromatic heterocycles. The Balaban J connectivity index is 2.05. The van der Waals surface area contributed by atoms with Crippen LogP contribution in [-0.4, -0.2) is 68.4 Å². The Bertz CT molecular complexity index is 1450. The number of carbonyl (C=O) groups is 1. The molecule has 1 unspecified atom stereocenters.